The van der Waals surface area contributed by atoms with Crippen molar-refractivity contribution in [3.63, 3.8) is 0 Å². The van der Waals surface area contributed by atoms with E-state index in [0.29, 0.717) is 22.2 Å². The SMILES string of the molecule is COc1ccc([C@@H]2c3c(-c4ccc(C)cc4)n[nH]c3C(=O)N2c2ccc(Cl)cc2)cc1OC. The van der Waals surface area contributed by atoms with E-state index in [1.165, 1.54) is 0 Å². The molecular weight excluding hydrogens is 438 g/mol. The van der Waals surface area contributed by atoms with E-state index in [2.05, 4.69) is 10.2 Å². The first kappa shape index (κ1) is 21.1. The average molecular weight is 460 g/mol. The minimum atomic E-state index is -0.413. The standard InChI is InChI=1S/C26H22ClN3O3/c1-15-4-6-16(7-5-15)23-22-24(29-28-23)26(31)30(19-11-9-18(27)10-12-19)25(22)17-8-13-20(32-2)21(14-17)33-3/h4-14,25H,1-3H3,(H,28,29)/t25-/m1/s1. The molecule has 0 unspecified atom stereocenters. The number of nitrogens with one attached hydrogen (secondary N) is 1. The maximum Gasteiger partial charge on any atom is 0.277 e. The van der Waals surface area contributed by atoms with Crippen molar-refractivity contribution in [2.75, 3.05) is 19.1 Å². The number of carbonyl (C=O) groups excluding carboxylic acids is 1. The highest BCUT2D eigenvalue weighted by Crippen LogP contribution is 2.46. The predicted octanol–water partition coefficient (Wildman–Crippen LogP) is 5.81. The van der Waals surface area contributed by atoms with Crippen molar-refractivity contribution in [1.29, 1.82) is 0 Å². The van der Waals surface area contributed by atoms with E-state index in [-0.39, 0.29) is 5.91 Å². The minimum Gasteiger partial charge on any atom is -0.493 e. The molecule has 1 N–H and O–H groups in total. The Hall–Kier alpha value is -3.77. The second-order valence-corrected chi connectivity index (χ2v) is 8.33. The number of aromatic amines is 1. The largest absolute Gasteiger partial charge is 0.493 e. The predicted molar refractivity (Wildman–Crippen MR) is 128 cm³/mol. The van der Waals surface area contributed by atoms with Crippen LogP contribution in [0.4, 0.5) is 5.69 Å². The first-order valence-electron chi connectivity index (χ1n) is 10.5. The Bertz CT molecular complexity index is 1330. The third-order valence-corrected chi connectivity index (χ3v) is 6.17. The van der Waals surface area contributed by atoms with Gasteiger partial charge in [0.15, 0.2) is 11.5 Å². The van der Waals surface area contributed by atoms with E-state index < -0.39 is 6.04 Å². The maximum atomic E-state index is 13.6. The zero-order valence-corrected chi connectivity index (χ0v) is 19.2. The number of rotatable bonds is 5. The van der Waals surface area contributed by atoms with Crippen LogP contribution in [0.5, 0.6) is 11.5 Å². The third-order valence-electron chi connectivity index (χ3n) is 5.92. The van der Waals surface area contributed by atoms with Gasteiger partial charge in [-0.05, 0) is 48.9 Å². The zero-order valence-electron chi connectivity index (χ0n) is 18.4. The van der Waals surface area contributed by atoms with Gasteiger partial charge >= 0.3 is 0 Å². The van der Waals surface area contributed by atoms with Crippen molar-refractivity contribution >= 4 is 23.2 Å². The van der Waals surface area contributed by atoms with Crippen LogP contribution in [0.1, 0.15) is 33.2 Å². The van der Waals surface area contributed by atoms with Crippen LogP contribution in [-0.2, 0) is 0 Å². The molecule has 5 rings (SSSR count). The van der Waals surface area contributed by atoms with Crippen LogP contribution in [0.3, 0.4) is 0 Å². The number of halogens is 1. The number of ether oxygens (including phenoxy) is 2. The zero-order chi connectivity index (χ0) is 23.1. The smallest absolute Gasteiger partial charge is 0.277 e. The molecule has 0 radical (unpaired) electrons. The average Bonchev–Trinajstić information content (AvgIpc) is 3.39. The van der Waals surface area contributed by atoms with Gasteiger partial charge in [-0.1, -0.05) is 47.5 Å². The lowest BCUT2D eigenvalue weighted by atomic mass is 9.95. The van der Waals surface area contributed by atoms with Crippen LogP contribution in [0.15, 0.2) is 66.7 Å². The highest BCUT2D eigenvalue weighted by Gasteiger charge is 2.43. The molecule has 0 bridgehead atoms. The molecule has 0 spiro atoms. The summed E-state index contributed by atoms with van der Waals surface area (Å²) in [5, 5.41) is 8.13. The number of H-pyrrole nitrogens is 1. The van der Waals surface area contributed by atoms with E-state index in [0.717, 1.165) is 33.6 Å². The monoisotopic (exact) mass is 459 g/mol. The van der Waals surface area contributed by atoms with Crippen LogP contribution in [0, 0.1) is 6.92 Å². The van der Waals surface area contributed by atoms with Crippen molar-refractivity contribution in [2.45, 2.75) is 13.0 Å². The molecule has 1 amide bonds. The van der Waals surface area contributed by atoms with Crippen molar-refractivity contribution < 1.29 is 14.3 Å². The number of aromatic nitrogens is 2. The van der Waals surface area contributed by atoms with E-state index in [1.807, 2.05) is 61.5 Å². The first-order chi connectivity index (χ1) is 16.0. The third kappa shape index (κ3) is 3.52. The molecule has 7 heteroatoms. The molecule has 4 aromatic rings. The van der Waals surface area contributed by atoms with Crippen LogP contribution in [0.2, 0.25) is 5.02 Å². The topological polar surface area (TPSA) is 67.5 Å². The van der Waals surface area contributed by atoms with Gasteiger partial charge in [-0.25, -0.2) is 0 Å². The van der Waals surface area contributed by atoms with Gasteiger partial charge in [-0.2, -0.15) is 5.10 Å². The molecule has 3 aromatic carbocycles. The van der Waals surface area contributed by atoms with Gasteiger partial charge < -0.3 is 9.47 Å². The molecule has 1 aliphatic heterocycles. The fraction of sp³-hybridized carbons (Fsp3) is 0.154. The first-order valence-corrected chi connectivity index (χ1v) is 10.9. The number of carbonyl (C=O) groups is 1. The number of anilines is 1. The van der Waals surface area contributed by atoms with Gasteiger partial charge in [-0.15, -0.1) is 0 Å². The molecule has 0 saturated heterocycles. The second kappa shape index (κ2) is 8.30. The molecule has 2 heterocycles. The molecule has 0 aliphatic carbocycles. The summed E-state index contributed by atoms with van der Waals surface area (Å²) in [6.07, 6.45) is 0. The van der Waals surface area contributed by atoms with Gasteiger partial charge in [0, 0.05) is 21.8 Å². The molecule has 0 fully saturated rings. The summed E-state index contributed by atoms with van der Waals surface area (Å²) in [6, 6.07) is 20.7. The Morgan fingerprint density at radius 3 is 2.30 bits per heavy atom. The molecule has 1 atom stereocenters. The van der Waals surface area contributed by atoms with E-state index >= 15 is 0 Å². The Morgan fingerprint density at radius 2 is 1.64 bits per heavy atom. The Kier molecular flexibility index (Phi) is 5.30. The second-order valence-electron chi connectivity index (χ2n) is 7.90. The van der Waals surface area contributed by atoms with Crippen LogP contribution in [0.25, 0.3) is 11.3 Å². The fourth-order valence-electron chi connectivity index (χ4n) is 4.28. The molecule has 6 nitrogen and oxygen atoms in total. The van der Waals surface area contributed by atoms with Crippen molar-refractivity contribution in [3.05, 3.63) is 94.1 Å². The van der Waals surface area contributed by atoms with Gasteiger partial charge in [0.1, 0.15) is 5.69 Å². The van der Waals surface area contributed by atoms with E-state index in [1.54, 1.807) is 31.3 Å². The summed E-state index contributed by atoms with van der Waals surface area (Å²) >= 11 is 6.12. The molecule has 1 aromatic heterocycles. The molecule has 166 valence electrons. The summed E-state index contributed by atoms with van der Waals surface area (Å²) in [5.41, 5.74) is 5.75. The van der Waals surface area contributed by atoms with Crippen LogP contribution >= 0.6 is 11.6 Å². The summed E-state index contributed by atoms with van der Waals surface area (Å²) in [6.45, 7) is 2.04. The number of aryl methyl sites for hydroxylation is 1. The van der Waals surface area contributed by atoms with E-state index in [4.69, 9.17) is 21.1 Å². The van der Waals surface area contributed by atoms with Gasteiger partial charge in [0.25, 0.3) is 5.91 Å². The number of hydrogen-bond donors (Lipinski definition) is 1. The Labute approximate surface area is 196 Å². The minimum absolute atomic E-state index is 0.155. The summed E-state index contributed by atoms with van der Waals surface area (Å²) in [5.74, 6) is 1.06. The van der Waals surface area contributed by atoms with Crippen LogP contribution < -0.4 is 14.4 Å². The lowest BCUT2D eigenvalue weighted by Crippen LogP contribution is -2.29. The molecule has 33 heavy (non-hydrogen) atoms. The number of hydrogen-bond acceptors (Lipinski definition) is 4. The maximum absolute atomic E-state index is 13.6. The molecular formula is C26H22ClN3O3. The number of nitrogens with zero attached hydrogens (tertiary/aromatic N) is 2. The van der Waals surface area contributed by atoms with Gasteiger partial charge in [0.2, 0.25) is 0 Å². The van der Waals surface area contributed by atoms with Crippen molar-refractivity contribution in [3.8, 4) is 22.8 Å². The molecule has 1 aliphatic rings. The summed E-state index contributed by atoms with van der Waals surface area (Å²) in [7, 11) is 3.19. The normalized spacial score (nSPS) is 15.0. The summed E-state index contributed by atoms with van der Waals surface area (Å²) < 4.78 is 11.0. The quantitative estimate of drug-likeness (QED) is 0.409. The van der Waals surface area contributed by atoms with Crippen molar-refractivity contribution in [1.82, 2.24) is 10.2 Å². The lowest BCUT2D eigenvalue weighted by Gasteiger charge is -2.27. The number of fused-ring (bicyclic) bond motifs is 1. The van der Waals surface area contributed by atoms with E-state index in [9.17, 15) is 4.79 Å². The highest BCUT2D eigenvalue weighted by molar-refractivity contribution is 6.30. The molecule has 0 saturated carbocycles. The summed E-state index contributed by atoms with van der Waals surface area (Å²) in [4.78, 5) is 15.4. The van der Waals surface area contributed by atoms with Gasteiger partial charge in [0.05, 0.1) is 26.0 Å². The van der Waals surface area contributed by atoms with Gasteiger partial charge in [-0.3, -0.25) is 14.8 Å². The van der Waals surface area contributed by atoms with Crippen LogP contribution in [-0.4, -0.2) is 30.3 Å². The Morgan fingerprint density at radius 1 is 0.939 bits per heavy atom. The lowest BCUT2D eigenvalue weighted by molar-refractivity contribution is 0.0988. The number of amides is 1. The fourth-order valence-corrected chi connectivity index (χ4v) is 4.41. The number of benzene rings is 3. The highest BCUT2D eigenvalue weighted by atomic mass is 35.5. The van der Waals surface area contributed by atoms with Crippen molar-refractivity contribution in [2.24, 2.45) is 0 Å². The number of methoxy groups -OCH3 is 2. The Balaban J connectivity index is 1.72.